The van der Waals surface area contributed by atoms with Crippen LogP contribution in [0.2, 0.25) is 0 Å². The van der Waals surface area contributed by atoms with Gasteiger partial charge >= 0.3 is 0 Å². The molecule has 6 heteroatoms. The number of amides is 1. The molecule has 0 aliphatic heterocycles. The summed E-state index contributed by atoms with van der Waals surface area (Å²) in [5.74, 6) is 0.952. The van der Waals surface area contributed by atoms with E-state index in [1.54, 1.807) is 4.80 Å². The summed E-state index contributed by atoms with van der Waals surface area (Å²) in [4.78, 5) is 14.1. The molecule has 0 aliphatic carbocycles. The second-order valence-electron chi connectivity index (χ2n) is 8.41. The SMILES string of the molecule is CC[C@@H](C)c1ccc(OCC(=O)Nc2ccc3nn(-c4cccc5ccccc45)nc3c2)cc1. The van der Waals surface area contributed by atoms with E-state index >= 15 is 0 Å². The van der Waals surface area contributed by atoms with Gasteiger partial charge in [-0.25, -0.2) is 0 Å². The lowest BCUT2D eigenvalue weighted by Gasteiger charge is -2.11. The lowest BCUT2D eigenvalue weighted by atomic mass is 9.99. The highest BCUT2D eigenvalue weighted by Gasteiger charge is 2.10. The molecule has 0 spiro atoms. The van der Waals surface area contributed by atoms with Crippen LogP contribution in [-0.4, -0.2) is 27.5 Å². The van der Waals surface area contributed by atoms with Crippen molar-refractivity contribution in [1.29, 1.82) is 0 Å². The zero-order valence-corrected chi connectivity index (χ0v) is 19.2. The third-order valence-corrected chi connectivity index (χ3v) is 6.08. The average molecular weight is 451 g/mol. The maximum absolute atomic E-state index is 12.4. The molecule has 0 saturated heterocycles. The van der Waals surface area contributed by atoms with Gasteiger partial charge in [-0.2, -0.15) is 0 Å². The molecule has 4 aromatic carbocycles. The van der Waals surface area contributed by atoms with Crippen LogP contribution >= 0.6 is 0 Å². The van der Waals surface area contributed by atoms with Gasteiger partial charge in [0.25, 0.3) is 5.91 Å². The second-order valence-corrected chi connectivity index (χ2v) is 8.41. The Morgan fingerprint density at radius 3 is 2.53 bits per heavy atom. The zero-order chi connectivity index (χ0) is 23.5. The smallest absolute Gasteiger partial charge is 0.262 e. The number of hydrogen-bond donors (Lipinski definition) is 1. The van der Waals surface area contributed by atoms with Crippen molar-refractivity contribution in [2.45, 2.75) is 26.2 Å². The molecule has 6 nitrogen and oxygen atoms in total. The molecular formula is C28H26N4O2. The van der Waals surface area contributed by atoms with E-state index in [1.807, 2.05) is 54.6 Å². The summed E-state index contributed by atoms with van der Waals surface area (Å²) in [6, 6.07) is 27.6. The number of anilines is 1. The van der Waals surface area contributed by atoms with E-state index in [9.17, 15) is 4.79 Å². The van der Waals surface area contributed by atoms with E-state index < -0.39 is 0 Å². The van der Waals surface area contributed by atoms with Crippen LogP contribution in [0.15, 0.2) is 84.9 Å². The van der Waals surface area contributed by atoms with Crippen LogP contribution in [0.5, 0.6) is 5.75 Å². The lowest BCUT2D eigenvalue weighted by molar-refractivity contribution is -0.118. The van der Waals surface area contributed by atoms with E-state index in [0.29, 0.717) is 22.9 Å². The average Bonchev–Trinajstić information content (AvgIpc) is 3.30. The van der Waals surface area contributed by atoms with Crippen molar-refractivity contribution >= 4 is 33.4 Å². The van der Waals surface area contributed by atoms with Gasteiger partial charge in [-0.1, -0.05) is 62.4 Å². The number of benzene rings is 4. The summed E-state index contributed by atoms with van der Waals surface area (Å²) in [6.07, 6.45) is 1.09. The molecular weight excluding hydrogens is 424 g/mol. The zero-order valence-electron chi connectivity index (χ0n) is 19.2. The largest absolute Gasteiger partial charge is 0.484 e. The first-order chi connectivity index (χ1) is 16.6. The van der Waals surface area contributed by atoms with Crippen LogP contribution in [0.4, 0.5) is 5.69 Å². The fourth-order valence-electron chi connectivity index (χ4n) is 3.96. The molecule has 0 unspecified atom stereocenters. The Morgan fingerprint density at radius 1 is 0.941 bits per heavy atom. The quantitative estimate of drug-likeness (QED) is 0.325. The van der Waals surface area contributed by atoms with Gasteiger partial charge in [-0.05, 0) is 59.7 Å². The maximum Gasteiger partial charge on any atom is 0.262 e. The standard InChI is InChI=1S/C28H26N4O2/c1-3-19(2)20-11-14-23(15-12-20)34-18-28(33)29-22-13-16-25-26(17-22)31-32(30-25)27-10-6-8-21-7-4-5-9-24(21)27/h4-17,19H,3,18H2,1-2H3,(H,29,33)/t19-/m1/s1. The fourth-order valence-corrected chi connectivity index (χ4v) is 3.96. The first-order valence-electron chi connectivity index (χ1n) is 11.5. The fraction of sp³-hybridized carbons (Fsp3) is 0.179. The Bertz CT molecular complexity index is 1450. The van der Waals surface area contributed by atoms with Crippen molar-refractivity contribution in [3.63, 3.8) is 0 Å². The summed E-state index contributed by atoms with van der Waals surface area (Å²) in [6.45, 7) is 4.30. The number of carbonyl (C=O) groups is 1. The summed E-state index contributed by atoms with van der Waals surface area (Å²) in [5, 5.41) is 14.4. The van der Waals surface area contributed by atoms with Gasteiger partial charge in [0.15, 0.2) is 6.61 Å². The highest BCUT2D eigenvalue weighted by atomic mass is 16.5. The van der Waals surface area contributed by atoms with Gasteiger partial charge < -0.3 is 10.1 Å². The van der Waals surface area contributed by atoms with Gasteiger partial charge in [0.05, 0.1) is 5.69 Å². The number of ether oxygens (including phenoxy) is 1. The van der Waals surface area contributed by atoms with Crippen LogP contribution in [0.25, 0.3) is 27.5 Å². The molecule has 0 radical (unpaired) electrons. The Kier molecular flexibility index (Phi) is 5.95. The highest BCUT2D eigenvalue weighted by molar-refractivity contribution is 5.94. The van der Waals surface area contributed by atoms with Crippen molar-refractivity contribution in [1.82, 2.24) is 15.0 Å². The second kappa shape index (κ2) is 9.35. The summed E-state index contributed by atoms with van der Waals surface area (Å²) < 4.78 is 5.65. The van der Waals surface area contributed by atoms with Gasteiger partial charge in [0.2, 0.25) is 0 Å². The Labute approximate surface area is 198 Å². The molecule has 0 fully saturated rings. The van der Waals surface area contributed by atoms with E-state index in [4.69, 9.17) is 4.74 Å². The number of hydrogen-bond acceptors (Lipinski definition) is 4. The molecule has 0 aliphatic rings. The number of aromatic nitrogens is 3. The molecule has 1 amide bonds. The van der Waals surface area contributed by atoms with Crippen LogP contribution in [0.3, 0.4) is 0 Å². The van der Waals surface area contributed by atoms with Crippen molar-refractivity contribution in [3.05, 3.63) is 90.5 Å². The Balaban J connectivity index is 1.28. The van der Waals surface area contributed by atoms with Crippen LogP contribution in [0.1, 0.15) is 31.7 Å². The van der Waals surface area contributed by atoms with Crippen molar-refractivity contribution in [3.8, 4) is 11.4 Å². The summed E-state index contributed by atoms with van der Waals surface area (Å²) >= 11 is 0. The van der Waals surface area contributed by atoms with Crippen LogP contribution in [-0.2, 0) is 4.79 Å². The molecule has 34 heavy (non-hydrogen) atoms. The monoisotopic (exact) mass is 450 g/mol. The minimum Gasteiger partial charge on any atom is -0.484 e. The molecule has 0 bridgehead atoms. The third kappa shape index (κ3) is 4.48. The van der Waals surface area contributed by atoms with Crippen LogP contribution < -0.4 is 10.1 Å². The van der Waals surface area contributed by atoms with Crippen molar-refractivity contribution in [2.24, 2.45) is 0 Å². The molecule has 1 N–H and O–H groups in total. The predicted molar refractivity (Wildman–Crippen MR) is 136 cm³/mol. The van der Waals surface area contributed by atoms with E-state index in [1.165, 1.54) is 5.56 Å². The number of nitrogens with zero attached hydrogens (tertiary/aromatic N) is 3. The molecule has 170 valence electrons. The highest BCUT2D eigenvalue weighted by Crippen LogP contribution is 2.24. The number of carbonyl (C=O) groups excluding carboxylic acids is 1. The van der Waals surface area contributed by atoms with Crippen LogP contribution in [0, 0.1) is 0 Å². The molecule has 5 rings (SSSR count). The van der Waals surface area contributed by atoms with E-state index in [-0.39, 0.29) is 12.5 Å². The molecule has 0 saturated carbocycles. The van der Waals surface area contributed by atoms with Gasteiger partial charge in [-0.3, -0.25) is 4.79 Å². The number of rotatable bonds is 7. The normalized spacial score (nSPS) is 12.1. The third-order valence-electron chi connectivity index (χ3n) is 6.08. The minimum absolute atomic E-state index is 0.0661. The Hall–Kier alpha value is -4.19. The number of nitrogens with one attached hydrogen (secondary N) is 1. The Morgan fingerprint density at radius 2 is 1.71 bits per heavy atom. The minimum atomic E-state index is -0.230. The maximum atomic E-state index is 12.4. The number of fused-ring (bicyclic) bond motifs is 2. The lowest BCUT2D eigenvalue weighted by Crippen LogP contribution is -2.20. The molecule has 1 aromatic heterocycles. The van der Waals surface area contributed by atoms with Gasteiger partial charge in [-0.15, -0.1) is 15.0 Å². The van der Waals surface area contributed by atoms with Gasteiger partial charge in [0, 0.05) is 11.1 Å². The molecule has 5 aromatic rings. The summed E-state index contributed by atoms with van der Waals surface area (Å²) in [7, 11) is 0. The van der Waals surface area contributed by atoms with E-state index in [2.05, 4.69) is 59.7 Å². The predicted octanol–water partition coefficient (Wildman–Crippen LogP) is 6.10. The first kappa shape index (κ1) is 21.6. The molecule has 1 heterocycles. The first-order valence-corrected chi connectivity index (χ1v) is 11.5. The van der Waals surface area contributed by atoms with Crippen molar-refractivity contribution < 1.29 is 9.53 Å². The molecule has 1 atom stereocenters. The van der Waals surface area contributed by atoms with Gasteiger partial charge in [0.1, 0.15) is 16.8 Å². The topological polar surface area (TPSA) is 69.0 Å². The van der Waals surface area contributed by atoms with Crippen molar-refractivity contribution in [2.75, 3.05) is 11.9 Å². The summed E-state index contributed by atoms with van der Waals surface area (Å²) in [5.41, 5.74) is 4.28. The van der Waals surface area contributed by atoms with E-state index in [0.717, 1.165) is 28.4 Å².